The summed E-state index contributed by atoms with van der Waals surface area (Å²) in [5.41, 5.74) is 0.988. The van der Waals surface area contributed by atoms with Crippen LogP contribution in [0.2, 0.25) is 4.34 Å². The summed E-state index contributed by atoms with van der Waals surface area (Å²) in [7, 11) is 0. The molecule has 0 saturated carbocycles. The van der Waals surface area contributed by atoms with Gasteiger partial charge in [0.15, 0.2) is 5.76 Å². The largest absolute Gasteiger partial charge is 0.505 e. The van der Waals surface area contributed by atoms with Gasteiger partial charge in [0.1, 0.15) is 16.6 Å². The minimum absolute atomic E-state index is 0.0801. The number of para-hydroxylation sites is 1. The lowest BCUT2D eigenvalue weighted by molar-refractivity contribution is 0.516. The Labute approximate surface area is 128 Å². The quantitative estimate of drug-likeness (QED) is 0.536. The van der Waals surface area contributed by atoms with E-state index in [9.17, 15) is 10.4 Å². The monoisotopic (exact) mass is 318 g/mol. The highest BCUT2D eigenvalue weighted by molar-refractivity contribution is 7.20. The molecule has 0 fully saturated rings. The first-order valence-electron chi connectivity index (χ1n) is 5.64. The van der Waals surface area contributed by atoms with Gasteiger partial charge in [0.25, 0.3) is 0 Å². The first-order valence-corrected chi connectivity index (χ1v) is 7.65. The second kappa shape index (κ2) is 5.25. The van der Waals surface area contributed by atoms with Crippen molar-refractivity contribution in [3.63, 3.8) is 0 Å². The molecule has 0 saturated heterocycles. The van der Waals surface area contributed by atoms with E-state index in [1.807, 2.05) is 30.3 Å². The standard InChI is InChI=1S/C14H7ClN2OS2/c15-12-6-5-11(19-12)13(18)8(7-16)14-17-9-3-1-2-4-10(9)20-14/h1-6,18H/b13-8-. The summed E-state index contributed by atoms with van der Waals surface area (Å²) in [5, 5.41) is 20.1. The number of aliphatic hydroxyl groups excluding tert-OH is 1. The highest BCUT2D eigenvalue weighted by atomic mass is 35.5. The molecule has 0 atom stereocenters. The molecular formula is C14H7ClN2OS2. The number of fused-ring (bicyclic) bond motifs is 1. The number of aromatic nitrogens is 1. The molecule has 0 radical (unpaired) electrons. The highest BCUT2D eigenvalue weighted by Gasteiger charge is 2.16. The van der Waals surface area contributed by atoms with Crippen molar-refractivity contribution in [3.8, 4) is 6.07 Å². The van der Waals surface area contributed by atoms with Crippen molar-refractivity contribution in [1.29, 1.82) is 5.26 Å². The van der Waals surface area contributed by atoms with Crippen LogP contribution in [0.1, 0.15) is 9.88 Å². The van der Waals surface area contributed by atoms with E-state index >= 15 is 0 Å². The molecule has 0 unspecified atom stereocenters. The van der Waals surface area contributed by atoms with Crippen molar-refractivity contribution in [2.24, 2.45) is 0 Å². The number of aliphatic hydroxyl groups is 1. The van der Waals surface area contributed by atoms with E-state index in [-0.39, 0.29) is 11.3 Å². The summed E-state index contributed by atoms with van der Waals surface area (Å²) < 4.78 is 1.54. The van der Waals surface area contributed by atoms with Gasteiger partial charge in [0.2, 0.25) is 0 Å². The van der Waals surface area contributed by atoms with E-state index in [2.05, 4.69) is 4.98 Å². The van der Waals surface area contributed by atoms with Crippen LogP contribution in [0.5, 0.6) is 0 Å². The summed E-state index contributed by atoms with van der Waals surface area (Å²) in [4.78, 5) is 4.95. The average Bonchev–Trinajstić information content (AvgIpc) is 3.05. The second-order valence-electron chi connectivity index (χ2n) is 3.93. The maximum atomic E-state index is 10.2. The fourth-order valence-electron chi connectivity index (χ4n) is 1.75. The van der Waals surface area contributed by atoms with Gasteiger partial charge in [-0.3, -0.25) is 0 Å². The molecule has 0 amide bonds. The van der Waals surface area contributed by atoms with Gasteiger partial charge in [-0.15, -0.1) is 22.7 Å². The molecule has 0 aliphatic rings. The summed E-state index contributed by atoms with van der Waals surface area (Å²) >= 11 is 8.46. The van der Waals surface area contributed by atoms with Crippen LogP contribution in [-0.2, 0) is 0 Å². The molecule has 1 N–H and O–H groups in total. The van der Waals surface area contributed by atoms with Crippen molar-refractivity contribution in [1.82, 2.24) is 4.98 Å². The van der Waals surface area contributed by atoms with Crippen LogP contribution in [-0.4, -0.2) is 10.1 Å². The van der Waals surface area contributed by atoms with Gasteiger partial charge in [-0.1, -0.05) is 23.7 Å². The van der Waals surface area contributed by atoms with Gasteiger partial charge >= 0.3 is 0 Å². The van der Waals surface area contributed by atoms with Crippen LogP contribution in [0.15, 0.2) is 36.4 Å². The number of benzene rings is 1. The van der Waals surface area contributed by atoms with Crippen LogP contribution in [0.3, 0.4) is 0 Å². The van der Waals surface area contributed by atoms with Gasteiger partial charge in [-0.05, 0) is 24.3 Å². The van der Waals surface area contributed by atoms with Crippen LogP contribution < -0.4 is 0 Å². The number of thiazole rings is 1. The lowest BCUT2D eigenvalue weighted by Gasteiger charge is -1.98. The first kappa shape index (κ1) is 13.1. The number of nitrogens with zero attached hydrogens (tertiary/aromatic N) is 2. The van der Waals surface area contributed by atoms with Crippen molar-refractivity contribution < 1.29 is 5.11 Å². The molecule has 2 aromatic heterocycles. The Morgan fingerprint density at radius 3 is 2.65 bits per heavy atom. The summed E-state index contributed by atoms with van der Waals surface area (Å²) in [6.07, 6.45) is 0. The topological polar surface area (TPSA) is 56.9 Å². The van der Waals surface area contributed by atoms with E-state index in [0.29, 0.717) is 14.2 Å². The number of hydrogen-bond acceptors (Lipinski definition) is 5. The summed E-state index contributed by atoms with van der Waals surface area (Å²) in [5.74, 6) is -0.0801. The number of thiophene rings is 1. The average molecular weight is 319 g/mol. The third kappa shape index (κ3) is 2.29. The summed E-state index contributed by atoms with van der Waals surface area (Å²) in [6.45, 7) is 0. The zero-order valence-electron chi connectivity index (χ0n) is 10.0. The van der Waals surface area contributed by atoms with Crippen molar-refractivity contribution >= 4 is 55.8 Å². The number of halogens is 1. The van der Waals surface area contributed by atoms with E-state index in [0.717, 1.165) is 10.2 Å². The number of rotatable bonds is 2. The normalized spacial score (nSPS) is 12.2. The summed E-state index contributed by atoms with van der Waals surface area (Å²) in [6, 6.07) is 13.0. The van der Waals surface area contributed by atoms with Crippen LogP contribution in [0.25, 0.3) is 21.5 Å². The van der Waals surface area contributed by atoms with E-state index in [4.69, 9.17) is 11.6 Å². The zero-order chi connectivity index (χ0) is 14.1. The van der Waals surface area contributed by atoms with Crippen molar-refractivity contribution in [2.45, 2.75) is 0 Å². The Bertz CT molecular complexity index is 824. The SMILES string of the molecule is N#C/C(=C(/O)c1ccc(Cl)s1)c1nc2ccccc2s1. The maximum Gasteiger partial charge on any atom is 0.153 e. The van der Waals surface area contributed by atoms with E-state index in [1.54, 1.807) is 12.1 Å². The van der Waals surface area contributed by atoms with Crippen LogP contribution >= 0.6 is 34.3 Å². The van der Waals surface area contributed by atoms with Gasteiger partial charge in [-0.25, -0.2) is 4.98 Å². The van der Waals surface area contributed by atoms with Crippen LogP contribution in [0.4, 0.5) is 0 Å². The third-order valence-electron chi connectivity index (χ3n) is 2.66. The predicted octanol–water partition coefficient (Wildman–Crippen LogP) is 4.96. The molecular weight excluding hydrogens is 312 g/mol. The molecule has 1 aromatic carbocycles. The lowest BCUT2D eigenvalue weighted by atomic mass is 10.2. The Morgan fingerprint density at radius 1 is 1.20 bits per heavy atom. The van der Waals surface area contributed by atoms with E-state index in [1.165, 1.54) is 22.7 Å². The van der Waals surface area contributed by atoms with Crippen molar-refractivity contribution in [3.05, 3.63) is 50.6 Å². The number of nitriles is 1. The fraction of sp³-hybridized carbons (Fsp3) is 0. The second-order valence-corrected chi connectivity index (χ2v) is 6.67. The zero-order valence-corrected chi connectivity index (χ0v) is 12.4. The highest BCUT2D eigenvalue weighted by Crippen LogP contribution is 2.34. The first-order chi connectivity index (χ1) is 9.69. The molecule has 0 aliphatic heterocycles. The molecule has 98 valence electrons. The molecule has 20 heavy (non-hydrogen) atoms. The van der Waals surface area contributed by atoms with Gasteiger partial charge < -0.3 is 5.11 Å². The lowest BCUT2D eigenvalue weighted by Crippen LogP contribution is -1.86. The molecule has 0 bridgehead atoms. The fourth-order valence-corrected chi connectivity index (χ4v) is 3.70. The Hall–Kier alpha value is -1.87. The van der Waals surface area contributed by atoms with Crippen molar-refractivity contribution in [2.75, 3.05) is 0 Å². The maximum absolute atomic E-state index is 10.2. The molecule has 3 rings (SSSR count). The molecule has 0 spiro atoms. The van der Waals surface area contributed by atoms with Gasteiger partial charge in [0, 0.05) is 0 Å². The smallest absolute Gasteiger partial charge is 0.153 e. The minimum Gasteiger partial charge on any atom is -0.505 e. The molecule has 2 heterocycles. The third-order valence-corrected chi connectivity index (χ3v) is 4.95. The molecule has 0 aliphatic carbocycles. The molecule has 6 heteroatoms. The van der Waals surface area contributed by atoms with Gasteiger partial charge in [-0.2, -0.15) is 5.26 Å². The number of hydrogen-bond donors (Lipinski definition) is 1. The molecule has 3 nitrogen and oxygen atoms in total. The van der Waals surface area contributed by atoms with Crippen LogP contribution in [0, 0.1) is 11.3 Å². The van der Waals surface area contributed by atoms with Gasteiger partial charge in [0.05, 0.1) is 19.4 Å². The Morgan fingerprint density at radius 2 is 2.00 bits per heavy atom. The Balaban J connectivity index is 2.16. The predicted molar refractivity (Wildman–Crippen MR) is 84.0 cm³/mol. The van der Waals surface area contributed by atoms with E-state index < -0.39 is 0 Å². The number of allylic oxidation sites excluding steroid dienone is 1. The minimum atomic E-state index is -0.0801. The Kier molecular flexibility index (Phi) is 3.45. The molecule has 3 aromatic rings.